The van der Waals surface area contributed by atoms with Crippen LogP contribution in [0.2, 0.25) is 0 Å². The summed E-state index contributed by atoms with van der Waals surface area (Å²) in [5.41, 5.74) is 8.01. The number of nitrogens with zero attached hydrogens (tertiary/aromatic N) is 3. The monoisotopic (exact) mass is 344 g/mol. The third-order valence-corrected chi connectivity index (χ3v) is 4.73. The number of rotatable bonds is 4. The average molecular weight is 344 g/mol. The number of pyridine rings is 1. The van der Waals surface area contributed by atoms with Crippen molar-refractivity contribution in [2.75, 3.05) is 17.4 Å². The van der Waals surface area contributed by atoms with E-state index in [-0.39, 0.29) is 5.91 Å². The zero-order valence-corrected chi connectivity index (χ0v) is 14.9. The molecule has 0 bridgehead atoms. The standard InChI is InChI=1S/C21H20N4O/c1-3-17(15-8-10-19-16(12-15)13-21(26)25(19)2)23-24-20-11-9-14-6-4-5-7-18(14)22-20/h4-12H,3,13H2,1-2H3,(H,22,24). The molecule has 0 unspecified atom stereocenters. The van der Waals surface area contributed by atoms with Gasteiger partial charge in [-0.2, -0.15) is 5.10 Å². The maximum atomic E-state index is 11.9. The summed E-state index contributed by atoms with van der Waals surface area (Å²) in [5.74, 6) is 0.844. The maximum absolute atomic E-state index is 11.9. The van der Waals surface area contributed by atoms with E-state index < -0.39 is 0 Å². The number of hydrazone groups is 1. The number of hydrogen-bond donors (Lipinski definition) is 1. The molecule has 130 valence electrons. The molecule has 0 aliphatic carbocycles. The van der Waals surface area contributed by atoms with Crippen molar-refractivity contribution >= 4 is 34.0 Å². The number of hydrogen-bond acceptors (Lipinski definition) is 4. The lowest BCUT2D eigenvalue weighted by atomic mass is 10.0. The molecule has 0 fully saturated rings. The molecule has 1 aliphatic rings. The van der Waals surface area contributed by atoms with Crippen molar-refractivity contribution in [3.8, 4) is 0 Å². The van der Waals surface area contributed by atoms with Gasteiger partial charge in [-0.15, -0.1) is 0 Å². The van der Waals surface area contributed by atoms with E-state index in [1.807, 2.05) is 55.6 Å². The summed E-state index contributed by atoms with van der Waals surface area (Å²) in [5, 5.41) is 5.66. The van der Waals surface area contributed by atoms with E-state index in [1.54, 1.807) is 4.90 Å². The predicted octanol–water partition coefficient (Wildman–Crippen LogP) is 3.98. The van der Waals surface area contributed by atoms with E-state index in [0.29, 0.717) is 12.2 Å². The molecular weight excluding hydrogens is 324 g/mol. The van der Waals surface area contributed by atoms with Gasteiger partial charge in [-0.3, -0.25) is 10.2 Å². The van der Waals surface area contributed by atoms with E-state index in [1.165, 1.54) is 0 Å². The van der Waals surface area contributed by atoms with E-state index >= 15 is 0 Å². The van der Waals surface area contributed by atoms with Gasteiger partial charge >= 0.3 is 0 Å². The van der Waals surface area contributed by atoms with E-state index in [0.717, 1.165) is 39.8 Å². The fraction of sp³-hybridized carbons (Fsp3) is 0.190. The van der Waals surface area contributed by atoms with Crippen molar-refractivity contribution in [3.05, 3.63) is 65.7 Å². The van der Waals surface area contributed by atoms with Crippen LogP contribution in [0.4, 0.5) is 11.5 Å². The molecule has 3 aromatic rings. The molecule has 1 N–H and O–H groups in total. The van der Waals surface area contributed by atoms with Gasteiger partial charge in [0.25, 0.3) is 0 Å². The topological polar surface area (TPSA) is 57.6 Å². The van der Waals surface area contributed by atoms with Crippen molar-refractivity contribution in [3.63, 3.8) is 0 Å². The van der Waals surface area contributed by atoms with Crippen molar-refractivity contribution in [1.29, 1.82) is 0 Å². The first-order valence-electron chi connectivity index (χ1n) is 8.74. The Morgan fingerprint density at radius 1 is 1.19 bits per heavy atom. The normalized spacial score (nSPS) is 14.0. The first-order valence-corrected chi connectivity index (χ1v) is 8.74. The number of anilines is 2. The largest absolute Gasteiger partial charge is 0.315 e. The Morgan fingerprint density at radius 2 is 2.04 bits per heavy atom. The number of nitrogens with one attached hydrogen (secondary N) is 1. The van der Waals surface area contributed by atoms with Crippen LogP contribution in [0.3, 0.4) is 0 Å². The highest BCUT2D eigenvalue weighted by molar-refractivity contribution is 6.05. The molecule has 2 heterocycles. The minimum atomic E-state index is 0.130. The lowest BCUT2D eigenvalue weighted by Crippen LogP contribution is -2.20. The molecule has 4 rings (SSSR count). The Labute approximate surface area is 152 Å². The van der Waals surface area contributed by atoms with Crippen LogP contribution in [0, 0.1) is 0 Å². The highest BCUT2D eigenvalue weighted by Crippen LogP contribution is 2.28. The van der Waals surface area contributed by atoms with Crippen LogP contribution in [0.15, 0.2) is 59.7 Å². The fourth-order valence-electron chi connectivity index (χ4n) is 3.25. The molecule has 0 saturated carbocycles. The molecule has 0 radical (unpaired) electrons. The smallest absolute Gasteiger partial charge is 0.231 e. The first-order chi connectivity index (χ1) is 12.7. The number of aromatic nitrogens is 1. The highest BCUT2D eigenvalue weighted by Gasteiger charge is 2.24. The third kappa shape index (κ3) is 2.92. The minimum absolute atomic E-state index is 0.130. The Hall–Kier alpha value is -3.21. The fourth-order valence-corrected chi connectivity index (χ4v) is 3.25. The van der Waals surface area contributed by atoms with Gasteiger partial charge in [0.2, 0.25) is 5.91 Å². The number of carbonyl (C=O) groups excluding carboxylic acids is 1. The molecular formula is C21H20N4O. The van der Waals surface area contributed by atoms with Gasteiger partial charge in [0.05, 0.1) is 17.6 Å². The third-order valence-electron chi connectivity index (χ3n) is 4.73. The number of benzene rings is 2. The molecule has 0 spiro atoms. The van der Waals surface area contributed by atoms with Crippen LogP contribution >= 0.6 is 0 Å². The van der Waals surface area contributed by atoms with Crippen LogP contribution in [0.25, 0.3) is 10.9 Å². The van der Waals surface area contributed by atoms with Crippen molar-refractivity contribution in [2.45, 2.75) is 19.8 Å². The van der Waals surface area contributed by atoms with E-state index in [2.05, 4.69) is 28.5 Å². The molecule has 0 atom stereocenters. The van der Waals surface area contributed by atoms with Crippen LogP contribution in [0.5, 0.6) is 0 Å². The van der Waals surface area contributed by atoms with Gasteiger partial charge in [-0.1, -0.05) is 31.2 Å². The number of amides is 1. The summed E-state index contributed by atoms with van der Waals surface area (Å²) in [6, 6.07) is 18.0. The van der Waals surface area contributed by atoms with Crippen LogP contribution in [-0.4, -0.2) is 23.7 Å². The van der Waals surface area contributed by atoms with E-state index in [4.69, 9.17) is 0 Å². The summed E-state index contributed by atoms with van der Waals surface area (Å²) in [6.07, 6.45) is 1.24. The second kappa shape index (κ2) is 6.59. The summed E-state index contributed by atoms with van der Waals surface area (Å²) in [6.45, 7) is 2.07. The van der Waals surface area contributed by atoms with Crippen LogP contribution in [-0.2, 0) is 11.2 Å². The SMILES string of the molecule is CCC(=NNc1ccc2ccccc2n1)c1ccc2c(c1)CC(=O)N2C. The first kappa shape index (κ1) is 16.3. The van der Waals surface area contributed by atoms with Crippen LogP contribution in [0.1, 0.15) is 24.5 Å². The second-order valence-electron chi connectivity index (χ2n) is 6.39. The lowest BCUT2D eigenvalue weighted by molar-refractivity contribution is -0.117. The summed E-state index contributed by atoms with van der Waals surface area (Å²) >= 11 is 0. The zero-order valence-electron chi connectivity index (χ0n) is 14.9. The molecule has 5 nitrogen and oxygen atoms in total. The molecule has 1 amide bonds. The molecule has 2 aromatic carbocycles. The second-order valence-corrected chi connectivity index (χ2v) is 6.39. The molecule has 1 aromatic heterocycles. The quantitative estimate of drug-likeness (QED) is 0.575. The van der Waals surface area contributed by atoms with Gasteiger partial charge in [-0.25, -0.2) is 4.98 Å². The van der Waals surface area contributed by atoms with Crippen molar-refractivity contribution in [1.82, 2.24) is 4.98 Å². The van der Waals surface area contributed by atoms with Gasteiger partial charge in [-0.05, 0) is 47.9 Å². The summed E-state index contributed by atoms with van der Waals surface area (Å²) < 4.78 is 0. The van der Waals surface area contributed by atoms with Gasteiger partial charge in [0, 0.05) is 18.1 Å². The number of para-hydroxylation sites is 1. The number of likely N-dealkylation sites (N-methyl/N-ethyl adjacent to an activating group) is 1. The Morgan fingerprint density at radius 3 is 2.88 bits per heavy atom. The maximum Gasteiger partial charge on any atom is 0.231 e. The van der Waals surface area contributed by atoms with E-state index in [9.17, 15) is 4.79 Å². The average Bonchev–Trinajstić information content (AvgIpc) is 2.95. The van der Waals surface area contributed by atoms with Gasteiger partial charge in [0.15, 0.2) is 0 Å². The Balaban J connectivity index is 1.60. The highest BCUT2D eigenvalue weighted by atomic mass is 16.2. The molecule has 26 heavy (non-hydrogen) atoms. The van der Waals surface area contributed by atoms with Crippen molar-refractivity contribution < 1.29 is 4.79 Å². The molecule has 1 aliphatic heterocycles. The summed E-state index contributed by atoms with van der Waals surface area (Å²) in [7, 11) is 1.82. The van der Waals surface area contributed by atoms with Crippen LogP contribution < -0.4 is 10.3 Å². The Kier molecular flexibility index (Phi) is 4.13. The predicted molar refractivity (Wildman–Crippen MR) is 106 cm³/mol. The number of fused-ring (bicyclic) bond motifs is 2. The lowest BCUT2D eigenvalue weighted by Gasteiger charge is -2.11. The minimum Gasteiger partial charge on any atom is -0.315 e. The van der Waals surface area contributed by atoms with Gasteiger partial charge in [0.1, 0.15) is 5.82 Å². The molecule has 0 saturated heterocycles. The van der Waals surface area contributed by atoms with Crippen molar-refractivity contribution in [2.24, 2.45) is 5.10 Å². The molecule has 5 heteroatoms. The van der Waals surface area contributed by atoms with Gasteiger partial charge < -0.3 is 4.90 Å². The zero-order chi connectivity index (χ0) is 18.1. The Bertz CT molecular complexity index is 1030. The summed E-state index contributed by atoms with van der Waals surface area (Å²) in [4.78, 5) is 18.2. The number of carbonyl (C=O) groups is 1.